The molecule has 0 spiro atoms. The smallest absolute Gasteiger partial charge is 0.165 e. The second-order valence-electron chi connectivity index (χ2n) is 4.45. The van der Waals surface area contributed by atoms with E-state index in [9.17, 15) is 8.78 Å². The second kappa shape index (κ2) is 7.71. The van der Waals surface area contributed by atoms with Gasteiger partial charge in [0, 0.05) is 31.8 Å². The van der Waals surface area contributed by atoms with Gasteiger partial charge in [-0.3, -0.25) is 0 Å². The van der Waals surface area contributed by atoms with Gasteiger partial charge in [0.2, 0.25) is 0 Å². The van der Waals surface area contributed by atoms with Crippen LogP contribution in [0.5, 0.6) is 11.5 Å². The van der Waals surface area contributed by atoms with Gasteiger partial charge in [-0.1, -0.05) is 18.2 Å². The number of rotatable bonds is 7. The first-order valence-corrected chi connectivity index (χ1v) is 6.61. The van der Waals surface area contributed by atoms with Crippen LogP contribution in [0.25, 0.3) is 0 Å². The molecule has 0 unspecified atom stereocenters. The second-order valence-corrected chi connectivity index (χ2v) is 4.45. The maximum absolute atomic E-state index is 13.6. The lowest BCUT2D eigenvalue weighted by Gasteiger charge is -2.12. The lowest BCUT2D eigenvalue weighted by atomic mass is 10.2. The summed E-state index contributed by atoms with van der Waals surface area (Å²) in [5.74, 6) is -0.771. The van der Waals surface area contributed by atoms with E-state index >= 15 is 0 Å². The molecule has 0 aliphatic heterocycles. The first kappa shape index (κ1) is 15.4. The van der Waals surface area contributed by atoms with Gasteiger partial charge in [0.1, 0.15) is 11.6 Å². The summed E-state index contributed by atoms with van der Waals surface area (Å²) >= 11 is 0. The monoisotopic (exact) mass is 293 g/mol. The Morgan fingerprint density at radius 2 is 1.86 bits per heavy atom. The Bertz CT molecular complexity index is 590. The molecule has 3 nitrogen and oxygen atoms in total. The highest BCUT2D eigenvalue weighted by Gasteiger charge is 2.09. The lowest BCUT2D eigenvalue weighted by Crippen LogP contribution is -2.18. The van der Waals surface area contributed by atoms with Crippen LogP contribution in [0.15, 0.2) is 42.5 Å². The van der Waals surface area contributed by atoms with Gasteiger partial charge in [0.15, 0.2) is 11.6 Å². The van der Waals surface area contributed by atoms with Gasteiger partial charge >= 0.3 is 0 Å². The van der Waals surface area contributed by atoms with Crippen molar-refractivity contribution in [1.82, 2.24) is 5.32 Å². The highest BCUT2D eigenvalue weighted by Crippen LogP contribution is 2.27. The molecule has 21 heavy (non-hydrogen) atoms. The summed E-state index contributed by atoms with van der Waals surface area (Å²) in [6.07, 6.45) is 0. The van der Waals surface area contributed by atoms with Crippen molar-refractivity contribution in [2.75, 3.05) is 20.3 Å². The topological polar surface area (TPSA) is 30.5 Å². The van der Waals surface area contributed by atoms with Gasteiger partial charge in [-0.05, 0) is 18.2 Å². The van der Waals surface area contributed by atoms with E-state index in [0.29, 0.717) is 25.4 Å². The van der Waals surface area contributed by atoms with E-state index in [0.717, 1.165) is 23.8 Å². The van der Waals surface area contributed by atoms with Crippen molar-refractivity contribution < 1.29 is 18.3 Å². The van der Waals surface area contributed by atoms with Gasteiger partial charge in [-0.15, -0.1) is 0 Å². The number of nitrogens with one attached hydrogen (secondary N) is 1. The van der Waals surface area contributed by atoms with Gasteiger partial charge in [0.25, 0.3) is 0 Å². The van der Waals surface area contributed by atoms with Gasteiger partial charge in [-0.25, -0.2) is 8.78 Å². The molecule has 0 saturated heterocycles. The molecular weight excluding hydrogens is 276 g/mol. The van der Waals surface area contributed by atoms with Crippen molar-refractivity contribution in [2.24, 2.45) is 0 Å². The van der Waals surface area contributed by atoms with Crippen LogP contribution >= 0.6 is 0 Å². The zero-order valence-corrected chi connectivity index (χ0v) is 11.7. The van der Waals surface area contributed by atoms with Crippen LogP contribution in [0.4, 0.5) is 8.78 Å². The fraction of sp³-hybridized carbons (Fsp3) is 0.250. The molecule has 0 saturated carbocycles. The quantitative estimate of drug-likeness (QED) is 0.793. The molecule has 0 aliphatic rings. The maximum atomic E-state index is 13.6. The average molecular weight is 293 g/mol. The minimum absolute atomic E-state index is 0.126. The normalized spacial score (nSPS) is 10.6. The SMILES string of the molecule is COCCNCc1ccccc1Oc1cc(F)ccc1F. The molecule has 0 aromatic heterocycles. The van der Waals surface area contributed by atoms with Crippen molar-refractivity contribution in [3.63, 3.8) is 0 Å². The molecule has 0 fully saturated rings. The molecule has 112 valence electrons. The molecule has 0 radical (unpaired) electrons. The van der Waals surface area contributed by atoms with Crippen molar-refractivity contribution >= 4 is 0 Å². The Hall–Kier alpha value is -1.98. The standard InChI is InChI=1S/C16H17F2NO2/c1-20-9-8-19-11-12-4-2-3-5-15(12)21-16-10-13(17)6-7-14(16)18/h2-7,10,19H,8-9,11H2,1H3. The Morgan fingerprint density at radius 1 is 1.05 bits per heavy atom. The summed E-state index contributed by atoms with van der Waals surface area (Å²) in [6.45, 7) is 1.84. The number of para-hydroxylation sites is 1. The fourth-order valence-electron chi connectivity index (χ4n) is 1.82. The molecule has 0 heterocycles. The van der Waals surface area contributed by atoms with E-state index in [1.807, 2.05) is 12.1 Å². The average Bonchev–Trinajstić information content (AvgIpc) is 2.49. The Kier molecular flexibility index (Phi) is 5.66. The fourth-order valence-corrected chi connectivity index (χ4v) is 1.82. The number of methoxy groups -OCH3 is 1. The number of ether oxygens (including phenoxy) is 2. The molecule has 0 atom stereocenters. The van der Waals surface area contributed by atoms with Gasteiger partial charge < -0.3 is 14.8 Å². The van der Waals surface area contributed by atoms with Gasteiger partial charge in [-0.2, -0.15) is 0 Å². The maximum Gasteiger partial charge on any atom is 0.165 e. The van der Waals surface area contributed by atoms with Crippen LogP contribution in [0.2, 0.25) is 0 Å². The van der Waals surface area contributed by atoms with E-state index < -0.39 is 11.6 Å². The molecule has 2 aromatic carbocycles. The summed E-state index contributed by atoms with van der Waals surface area (Å²) in [4.78, 5) is 0. The zero-order valence-electron chi connectivity index (χ0n) is 11.7. The number of hydrogen-bond donors (Lipinski definition) is 1. The summed E-state index contributed by atoms with van der Waals surface area (Å²) in [5, 5.41) is 3.18. The summed E-state index contributed by atoms with van der Waals surface area (Å²) in [5.41, 5.74) is 0.859. The summed E-state index contributed by atoms with van der Waals surface area (Å²) < 4.78 is 37.2. The molecule has 2 aromatic rings. The lowest BCUT2D eigenvalue weighted by molar-refractivity contribution is 0.199. The summed E-state index contributed by atoms with van der Waals surface area (Å²) in [6, 6.07) is 10.4. The third-order valence-corrected chi connectivity index (χ3v) is 2.88. The number of hydrogen-bond acceptors (Lipinski definition) is 3. The highest BCUT2D eigenvalue weighted by molar-refractivity contribution is 5.38. The van der Waals surface area contributed by atoms with E-state index in [2.05, 4.69) is 5.32 Å². The Morgan fingerprint density at radius 3 is 2.67 bits per heavy atom. The van der Waals surface area contributed by atoms with Crippen molar-refractivity contribution in [3.8, 4) is 11.5 Å². The van der Waals surface area contributed by atoms with Crippen LogP contribution < -0.4 is 10.1 Å². The first-order valence-electron chi connectivity index (χ1n) is 6.61. The molecule has 0 bridgehead atoms. The van der Waals surface area contributed by atoms with Gasteiger partial charge in [0.05, 0.1) is 6.61 Å². The predicted molar refractivity (Wildman–Crippen MR) is 76.5 cm³/mol. The van der Waals surface area contributed by atoms with Crippen molar-refractivity contribution in [2.45, 2.75) is 6.54 Å². The molecule has 1 N–H and O–H groups in total. The largest absolute Gasteiger partial charge is 0.454 e. The molecule has 0 amide bonds. The third kappa shape index (κ3) is 4.51. The molecule has 0 aliphatic carbocycles. The van der Waals surface area contributed by atoms with E-state index in [1.165, 1.54) is 0 Å². The first-order chi connectivity index (χ1) is 10.2. The summed E-state index contributed by atoms with van der Waals surface area (Å²) in [7, 11) is 1.63. The van der Waals surface area contributed by atoms with E-state index in [4.69, 9.17) is 9.47 Å². The number of benzene rings is 2. The Labute approximate surface area is 122 Å². The molecule has 2 rings (SSSR count). The predicted octanol–water partition coefficient (Wildman–Crippen LogP) is 3.49. The van der Waals surface area contributed by atoms with E-state index in [1.54, 1.807) is 19.2 Å². The van der Waals surface area contributed by atoms with Crippen LogP contribution in [0.1, 0.15) is 5.56 Å². The minimum atomic E-state index is -0.599. The van der Waals surface area contributed by atoms with Crippen LogP contribution in [-0.4, -0.2) is 20.3 Å². The molecular formula is C16H17F2NO2. The van der Waals surface area contributed by atoms with Crippen LogP contribution in [-0.2, 0) is 11.3 Å². The van der Waals surface area contributed by atoms with Crippen LogP contribution in [0.3, 0.4) is 0 Å². The minimum Gasteiger partial charge on any atom is -0.454 e. The Balaban J connectivity index is 2.10. The van der Waals surface area contributed by atoms with Crippen molar-refractivity contribution in [1.29, 1.82) is 0 Å². The zero-order chi connectivity index (χ0) is 15.1. The van der Waals surface area contributed by atoms with Crippen LogP contribution in [0, 0.1) is 11.6 Å². The highest BCUT2D eigenvalue weighted by atomic mass is 19.1. The molecule has 5 heteroatoms. The van der Waals surface area contributed by atoms with E-state index in [-0.39, 0.29) is 5.75 Å². The number of halogens is 2. The van der Waals surface area contributed by atoms with Crippen molar-refractivity contribution in [3.05, 3.63) is 59.7 Å². The third-order valence-electron chi connectivity index (χ3n) is 2.88.